The van der Waals surface area contributed by atoms with Crippen molar-refractivity contribution in [1.29, 1.82) is 0 Å². The molecule has 18 nitrogen and oxygen atoms in total. The lowest BCUT2D eigenvalue weighted by atomic mass is 10.1. The van der Waals surface area contributed by atoms with E-state index in [1.165, 1.54) is 77.0 Å². The Morgan fingerprint density at radius 2 is 0.281 bits per heavy atom. The Labute approximate surface area is 190 Å². The maximum absolute atomic E-state index is 2.29. The number of hydrogen-bond acceptors (Lipinski definition) is 0. The molecule has 0 amide bonds. The fourth-order valence-corrected chi connectivity index (χ4v) is 1.91. The lowest BCUT2D eigenvalue weighted by Gasteiger charge is -2.01. The van der Waals surface area contributed by atoms with Crippen LogP contribution in [0.3, 0.4) is 0 Å². The van der Waals surface area contributed by atoms with Crippen molar-refractivity contribution in [2.75, 3.05) is 0 Å². The lowest BCUT2D eigenvalue weighted by Crippen LogP contribution is -1.81. The van der Waals surface area contributed by atoms with E-state index >= 15 is 0 Å². The summed E-state index contributed by atoms with van der Waals surface area (Å²) in [5.41, 5.74) is 0. The molecule has 18 heteroatoms. The quantitative estimate of drug-likeness (QED) is 0.228. The lowest BCUT2D eigenvalue weighted by molar-refractivity contribution is 0.548. The molecule has 230 valence electrons. The molecule has 0 atom stereocenters. The molecule has 0 radical (unpaired) electrons. The second kappa shape index (κ2) is 204. The molecular weight excluding hydrogens is 456 g/mol. The van der Waals surface area contributed by atoms with Crippen molar-refractivity contribution in [3.63, 3.8) is 0 Å². The number of rotatable bonds is 11. The first kappa shape index (κ1) is 190. The van der Waals surface area contributed by atoms with Crippen molar-refractivity contribution in [3.8, 4) is 0 Å². The van der Waals surface area contributed by atoms with Crippen LogP contribution in [0, 0.1) is 0 Å². The third kappa shape index (κ3) is 222. The molecule has 0 aliphatic heterocycles. The minimum absolute atomic E-state index is 0. The van der Waals surface area contributed by atoms with Gasteiger partial charge in [-0.2, -0.15) is 0 Å². The molecule has 0 aliphatic carbocycles. The molecule has 0 aromatic rings. The van der Waals surface area contributed by atoms with Gasteiger partial charge >= 0.3 is 0 Å². The van der Waals surface area contributed by atoms with Crippen molar-refractivity contribution < 1.29 is 98.6 Å². The maximum Gasteiger partial charge on any atom is -0.0533 e. The van der Waals surface area contributed by atoms with E-state index < -0.39 is 0 Å². The van der Waals surface area contributed by atoms with E-state index in [9.17, 15) is 0 Å². The molecule has 0 saturated carbocycles. The van der Waals surface area contributed by atoms with Gasteiger partial charge in [0, 0.05) is 0 Å². The molecular formula is C14H66O18. The number of hydrogen-bond donors (Lipinski definition) is 0. The van der Waals surface area contributed by atoms with Crippen molar-refractivity contribution in [1.82, 2.24) is 0 Å². The molecule has 0 aromatic heterocycles. The summed E-state index contributed by atoms with van der Waals surface area (Å²) >= 11 is 0. The Morgan fingerprint density at radius 1 is 0.188 bits per heavy atom. The summed E-state index contributed by atoms with van der Waals surface area (Å²) in [6, 6.07) is 0. The predicted octanol–water partition coefficient (Wildman–Crippen LogP) is -9.14. The fourth-order valence-electron chi connectivity index (χ4n) is 1.91. The Bertz CT molecular complexity index is 106. The summed E-state index contributed by atoms with van der Waals surface area (Å²) in [7, 11) is 0. The Morgan fingerprint density at radius 3 is 0.375 bits per heavy atom. The van der Waals surface area contributed by atoms with Gasteiger partial charge in [0.25, 0.3) is 0 Å². The van der Waals surface area contributed by atoms with Crippen molar-refractivity contribution in [3.05, 3.63) is 0 Å². The van der Waals surface area contributed by atoms with E-state index in [1.54, 1.807) is 0 Å². The van der Waals surface area contributed by atoms with Gasteiger partial charge in [-0.1, -0.05) is 90.9 Å². The summed E-state index contributed by atoms with van der Waals surface area (Å²) in [4.78, 5) is 0. The molecule has 0 unspecified atom stereocenters. The Hall–Kier alpha value is -0.720. The van der Waals surface area contributed by atoms with Gasteiger partial charge in [0.2, 0.25) is 0 Å². The summed E-state index contributed by atoms with van der Waals surface area (Å²) in [5.74, 6) is 0. The highest BCUT2D eigenvalue weighted by atomic mass is 16.0. The fraction of sp³-hybridized carbons (Fsp3) is 1.00. The minimum Gasteiger partial charge on any atom is -0.412 e. The van der Waals surface area contributed by atoms with Crippen molar-refractivity contribution in [2.45, 2.75) is 90.9 Å². The first-order valence-electron chi connectivity index (χ1n) is 6.91. The highest BCUT2D eigenvalue weighted by molar-refractivity contribution is 4.47. The van der Waals surface area contributed by atoms with E-state index in [-0.39, 0.29) is 98.6 Å². The molecule has 0 saturated heterocycles. The molecule has 36 N–H and O–H groups in total. The molecule has 0 aliphatic rings. The predicted molar refractivity (Wildman–Crippen MR) is 132 cm³/mol. The number of unbranched alkanes of at least 4 members (excludes halogenated alkanes) is 11. The van der Waals surface area contributed by atoms with E-state index in [1.807, 2.05) is 0 Å². The van der Waals surface area contributed by atoms with Crippen LogP contribution in [-0.4, -0.2) is 98.6 Å². The molecule has 32 heavy (non-hydrogen) atoms. The van der Waals surface area contributed by atoms with Crippen LogP contribution < -0.4 is 0 Å². The SMILES string of the molecule is CCCCCCCCCCCCCC.O.O.O.O.O.O.O.O.O.O.O.O.O.O.O.O.O.O. The van der Waals surface area contributed by atoms with Gasteiger partial charge in [-0.15, -0.1) is 0 Å². The van der Waals surface area contributed by atoms with Crippen LogP contribution in [0.2, 0.25) is 0 Å². The Balaban J connectivity index is -0.00000000552. The van der Waals surface area contributed by atoms with Crippen LogP contribution in [0.1, 0.15) is 90.9 Å². The van der Waals surface area contributed by atoms with Crippen LogP contribution in [0.5, 0.6) is 0 Å². The first-order valence-corrected chi connectivity index (χ1v) is 6.91. The van der Waals surface area contributed by atoms with Gasteiger partial charge in [-0.05, 0) is 0 Å². The average molecular weight is 523 g/mol. The van der Waals surface area contributed by atoms with Crippen molar-refractivity contribution in [2.24, 2.45) is 0 Å². The Kier molecular flexibility index (Phi) is 1210. The third-order valence-electron chi connectivity index (χ3n) is 2.96. The topological polar surface area (TPSA) is 567 Å². The summed E-state index contributed by atoms with van der Waals surface area (Å²) < 4.78 is 0. The zero-order chi connectivity index (χ0) is 10.5. The second-order valence-corrected chi connectivity index (χ2v) is 4.54. The normalized spacial score (nSPS) is 4.69. The van der Waals surface area contributed by atoms with Crippen LogP contribution in [0.4, 0.5) is 0 Å². The van der Waals surface area contributed by atoms with E-state index in [2.05, 4.69) is 13.8 Å². The summed E-state index contributed by atoms with van der Waals surface area (Å²) in [6.07, 6.45) is 17.4. The van der Waals surface area contributed by atoms with E-state index in [0.29, 0.717) is 0 Å². The highest BCUT2D eigenvalue weighted by Crippen LogP contribution is 2.11. The summed E-state index contributed by atoms with van der Waals surface area (Å²) in [6.45, 7) is 4.57. The first-order chi connectivity index (χ1) is 6.91. The van der Waals surface area contributed by atoms with Crippen LogP contribution in [0.25, 0.3) is 0 Å². The van der Waals surface area contributed by atoms with E-state index in [4.69, 9.17) is 0 Å². The van der Waals surface area contributed by atoms with Gasteiger partial charge in [0.15, 0.2) is 0 Å². The second-order valence-electron chi connectivity index (χ2n) is 4.54. The third-order valence-corrected chi connectivity index (χ3v) is 2.96. The minimum atomic E-state index is 0. The standard InChI is InChI=1S/C14H30.18H2O/c1-3-5-7-9-11-13-14-12-10-8-6-4-2;;;;;;;;;;;;;;;;;;/h3-14H2,1-2H3;18*1H2. The molecule has 0 rings (SSSR count). The molecule has 0 bridgehead atoms. The van der Waals surface area contributed by atoms with Gasteiger partial charge in [0.1, 0.15) is 0 Å². The zero-order valence-electron chi connectivity index (χ0n) is 19.5. The monoisotopic (exact) mass is 522 g/mol. The zero-order valence-corrected chi connectivity index (χ0v) is 19.5. The van der Waals surface area contributed by atoms with Crippen LogP contribution >= 0.6 is 0 Å². The van der Waals surface area contributed by atoms with Crippen molar-refractivity contribution >= 4 is 0 Å². The summed E-state index contributed by atoms with van der Waals surface area (Å²) in [5, 5.41) is 0. The van der Waals surface area contributed by atoms with Gasteiger partial charge in [-0.25, -0.2) is 0 Å². The van der Waals surface area contributed by atoms with Gasteiger partial charge in [-0.3, -0.25) is 0 Å². The van der Waals surface area contributed by atoms with Crippen LogP contribution in [-0.2, 0) is 0 Å². The maximum atomic E-state index is 2.29. The molecule has 0 heterocycles. The average Bonchev–Trinajstić information content (AvgIpc) is 2.21. The van der Waals surface area contributed by atoms with Crippen LogP contribution in [0.15, 0.2) is 0 Å². The largest absolute Gasteiger partial charge is 0.412 e. The van der Waals surface area contributed by atoms with Gasteiger partial charge in [0.05, 0.1) is 0 Å². The molecule has 0 aromatic carbocycles. The molecule has 0 fully saturated rings. The van der Waals surface area contributed by atoms with E-state index in [0.717, 1.165) is 0 Å². The smallest absolute Gasteiger partial charge is 0.0533 e. The van der Waals surface area contributed by atoms with Gasteiger partial charge < -0.3 is 98.6 Å². The highest BCUT2D eigenvalue weighted by Gasteiger charge is 1.91. The molecule has 0 spiro atoms.